The number of nitrogens with zero attached hydrogens (tertiary/aromatic N) is 1. The SMILES string of the molecule is COc1cc(C(=O)NCC(c2ccco2)N2CCCC2)ccc1OCCC(C)C. The number of carbonyl (C=O) groups is 1. The minimum Gasteiger partial charge on any atom is -0.493 e. The highest BCUT2D eigenvalue weighted by molar-refractivity contribution is 5.94. The first kappa shape index (κ1) is 21.2. The van der Waals surface area contributed by atoms with Gasteiger partial charge in [0.2, 0.25) is 0 Å². The van der Waals surface area contributed by atoms with Crippen LogP contribution in [0.4, 0.5) is 0 Å². The molecule has 1 amide bonds. The Kier molecular flexibility index (Phi) is 7.58. The maximum Gasteiger partial charge on any atom is 0.251 e. The lowest BCUT2D eigenvalue weighted by Crippen LogP contribution is -2.36. The number of nitrogens with one attached hydrogen (secondary N) is 1. The van der Waals surface area contributed by atoms with E-state index in [-0.39, 0.29) is 11.9 Å². The van der Waals surface area contributed by atoms with Crippen LogP contribution >= 0.6 is 0 Å². The first-order valence-corrected chi connectivity index (χ1v) is 10.4. The van der Waals surface area contributed by atoms with Gasteiger partial charge in [0.25, 0.3) is 5.91 Å². The number of carbonyl (C=O) groups excluding carboxylic acids is 1. The van der Waals surface area contributed by atoms with Crippen molar-refractivity contribution in [3.63, 3.8) is 0 Å². The van der Waals surface area contributed by atoms with E-state index in [0.717, 1.165) is 25.3 Å². The van der Waals surface area contributed by atoms with Gasteiger partial charge in [-0.25, -0.2) is 0 Å². The Balaban J connectivity index is 1.63. The van der Waals surface area contributed by atoms with Crippen molar-refractivity contribution in [2.24, 2.45) is 5.92 Å². The van der Waals surface area contributed by atoms with Crippen LogP contribution in [0.3, 0.4) is 0 Å². The molecule has 1 atom stereocenters. The van der Waals surface area contributed by atoms with Crippen LogP contribution in [0.15, 0.2) is 41.0 Å². The third kappa shape index (κ3) is 5.76. The van der Waals surface area contributed by atoms with Crippen LogP contribution in [0.2, 0.25) is 0 Å². The van der Waals surface area contributed by atoms with Crippen LogP contribution < -0.4 is 14.8 Å². The van der Waals surface area contributed by atoms with Gasteiger partial charge in [-0.05, 0) is 68.6 Å². The Hall–Kier alpha value is -2.47. The second-order valence-corrected chi connectivity index (χ2v) is 7.88. The van der Waals surface area contributed by atoms with Gasteiger partial charge in [0.1, 0.15) is 5.76 Å². The van der Waals surface area contributed by atoms with Gasteiger partial charge in [0, 0.05) is 12.1 Å². The van der Waals surface area contributed by atoms with Gasteiger partial charge in [-0.3, -0.25) is 9.69 Å². The fourth-order valence-electron chi connectivity index (χ4n) is 3.57. The summed E-state index contributed by atoms with van der Waals surface area (Å²) in [6, 6.07) is 9.23. The molecule has 2 aromatic rings. The predicted molar refractivity (Wildman–Crippen MR) is 113 cm³/mol. The minimum atomic E-state index is -0.132. The number of hydrogen-bond acceptors (Lipinski definition) is 5. The Morgan fingerprint density at radius 1 is 1.21 bits per heavy atom. The quantitative estimate of drug-likeness (QED) is 0.645. The maximum atomic E-state index is 12.8. The van der Waals surface area contributed by atoms with Gasteiger partial charge in [0.05, 0.1) is 26.0 Å². The molecular formula is C23H32N2O4. The van der Waals surface area contributed by atoms with Gasteiger partial charge in [-0.1, -0.05) is 13.8 Å². The van der Waals surface area contributed by atoms with Crippen LogP contribution in [-0.4, -0.2) is 44.2 Å². The Bertz CT molecular complexity index is 767. The summed E-state index contributed by atoms with van der Waals surface area (Å²) in [4.78, 5) is 15.1. The second kappa shape index (κ2) is 10.3. The first-order valence-electron chi connectivity index (χ1n) is 10.4. The van der Waals surface area contributed by atoms with Crippen LogP contribution in [0.25, 0.3) is 0 Å². The maximum absolute atomic E-state index is 12.8. The monoisotopic (exact) mass is 400 g/mol. The van der Waals surface area contributed by atoms with E-state index < -0.39 is 0 Å². The van der Waals surface area contributed by atoms with Crippen molar-refractivity contribution in [3.8, 4) is 11.5 Å². The lowest BCUT2D eigenvalue weighted by atomic mass is 10.1. The number of hydrogen-bond donors (Lipinski definition) is 1. The summed E-state index contributed by atoms with van der Waals surface area (Å²) in [6.45, 7) is 7.49. The zero-order valence-electron chi connectivity index (χ0n) is 17.6. The van der Waals surface area contributed by atoms with Crippen molar-refractivity contribution >= 4 is 5.91 Å². The van der Waals surface area contributed by atoms with Gasteiger partial charge < -0.3 is 19.2 Å². The number of likely N-dealkylation sites (tertiary alicyclic amines) is 1. The average Bonchev–Trinajstić information content (AvgIpc) is 3.42. The molecule has 1 aromatic heterocycles. The largest absolute Gasteiger partial charge is 0.493 e. The molecule has 0 bridgehead atoms. The molecule has 6 nitrogen and oxygen atoms in total. The average molecular weight is 401 g/mol. The molecule has 1 aliphatic rings. The number of furan rings is 1. The van der Waals surface area contributed by atoms with Crippen molar-refractivity contribution < 1.29 is 18.7 Å². The Labute approximate surface area is 173 Å². The third-order valence-corrected chi connectivity index (χ3v) is 5.29. The molecule has 3 rings (SSSR count). The van der Waals surface area contributed by atoms with E-state index in [0.29, 0.717) is 36.1 Å². The van der Waals surface area contributed by atoms with E-state index in [1.54, 1.807) is 31.6 Å². The number of methoxy groups -OCH3 is 1. The fraction of sp³-hybridized carbons (Fsp3) is 0.522. The van der Waals surface area contributed by atoms with Gasteiger partial charge in [-0.2, -0.15) is 0 Å². The van der Waals surface area contributed by atoms with E-state index >= 15 is 0 Å². The number of ether oxygens (including phenoxy) is 2. The van der Waals surface area contributed by atoms with Gasteiger partial charge in [-0.15, -0.1) is 0 Å². The normalized spacial score (nSPS) is 15.4. The van der Waals surface area contributed by atoms with Crippen LogP contribution in [0.1, 0.15) is 55.3 Å². The standard InChI is InChI=1S/C23H32N2O4/c1-17(2)10-14-29-21-9-8-18(15-22(21)27-3)23(26)24-16-19(20-7-6-13-28-20)25-11-4-5-12-25/h6-9,13,15,17,19H,4-5,10-12,14,16H2,1-3H3,(H,24,26). The summed E-state index contributed by atoms with van der Waals surface area (Å²) >= 11 is 0. The van der Waals surface area contributed by atoms with Crippen LogP contribution in [-0.2, 0) is 0 Å². The molecule has 0 radical (unpaired) electrons. The van der Waals surface area contributed by atoms with E-state index in [2.05, 4.69) is 24.1 Å². The number of amides is 1. The van der Waals surface area contributed by atoms with Crippen molar-refractivity contribution in [2.75, 3.05) is 33.4 Å². The Morgan fingerprint density at radius 3 is 2.66 bits per heavy atom. The van der Waals surface area contributed by atoms with E-state index in [4.69, 9.17) is 13.9 Å². The van der Waals surface area contributed by atoms with E-state index in [1.807, 2.05) is 12.1 Å². The van der Waals surface area contributed by atoms with E-state index in [1.165, 1.54) is 12.8 Å². The summed E-state index contributed by atoms with van der Waals surface area (Å²) < 4.78 is 16.9. The molecule has 6 heteroatoms. The zero-order valence-corrected chi connectivity index (χ0v) is 17.6. The van der Waals surface area contributed by atoms with E-state index in [9.17, 15) is 4.79 Å². The fourth-order valence-corrected chi connectivity index (χ4v) is 3.57. The molecule has 29 heavy (non-hydrogen) atoms. The molecule has 0 aliphatic carbocycles. The zero-order chi connectivity index (χ0) is 20.6. The second-order valence-electron chi connectivity index (χ2n) is 7.88. The summed E-state index contributed by atoms with van der Waals surface area (Å²) in [6.07, 6.45) is 5.01. The molecule has 1 aliphatic heterocycles. The van der Waals surface area contributed by atoms with Crippen molar-refractivity contribution in [1.82, 2.24) is 10.2 Å². The summed E-state index contributed by atoms with van der Waals surface area (Å²) in [5, 5.41) is 3.06. The molecular weight excluding hydrogens is 368 g/mol. The highest BCUT2D eigenvalue weighted by atomic mass is 16.5. The molecule has 0 saturated carbocycles. The first-order chi connectivity index (χ1) is 14.1. The Morgan fingerprint density at radius 2 is 2.00 bits per heavy atom. The molecule has 1 unspecified atom stereocenters. The molecule has 2 heterocycles. The highest BCUT2D eigenvalue weighted by Gasteiger charge is 2.26. The summed E-state index contributed by atoms with van der Waals surface area (Å²) in [5.74, 6) is 2.56. The number of rotatable bonds is 10. The highest BCUT2D eigenvalue weighted by Crippen LogP contribution is 2.29. The van der Waals surface area contributed by atoms with Crippen LogP contribution in [0, 0.1) is 5.92 Å². The minimum absolute atomic E-state index is 0.0528. The van der Waals surface area contributed by atoms with Crippen molar-refractivity contribution in [1.29, 1.82) is 0 Å². The predicted octanol–water partition coefficient (Wildman–Crippen LogP) is 4.28. The smallest absolute Gasteiger partial charge is 0.251 e. The van der Waals surface area contributed by atoms with Crippen molar-refractivity contribution in [3.05, 3.63) is 47.9 Å². The molecule has 1 fully saturated rings. The summed E-state index contributed by atoms with van der Waals surface area (Å²) in [5.41, 5.74) is 0.553. The molecule has 0 spiro atoms. The van der Waals surface area contributed by atoms with Crippen molar-refractivity contribution in [2.45, 2.75) is 39.2 Å². The van der Waals surface area contributed by atoms with Gasteiger partial charge >= 0.3 is 0 Å². The van der Waals surface area contributed by atoms with Gasteiger partial charge in [0.15, 0.2) is 11.5 Å². The van der Waals surface area contributed by atoms with Crippen LogP contribution in [0.5, 0.6) is 11.5 Å². The molecule has 158 valence electrons. The molecule has 1 aromatic carbocycles. The molecule has 1 saturated heterocycles. The topological polar surface area (TPSA) is 63.9 Å². The molecule has 1 N–H and O–H groups in total. The summed E-state index contributed by atoms with van der Waals surface area (Å²) in [7, 11) is 1.59. The number of benzene rings is 1. The lowest BCUT2D eigenvalue weighted by molar-refractivity contribution is 0.0933. The lowest BCUT2D eigenvalue weighted by Gasteiger charge is -2.26. The third-order valence-electron chi connectivity index (χ3n) is 5.29.